The number of amides is 2. The second-order valence-electron chi connectivity index (χ2n) is 5.02. The van der Waals surface area contributed by atoms with E-state index in [2.05, 4.69) is 10.3 Å². The number of carbonyl (C=O) groups excluding carboxylic acids is 1. The van der Waals surface area contributed by atoms with Crippen LogP contribution in [0.1, 0.15) is 11.3 Å². The van der Waals surface area contributed by atoms with E-state index in [-0.39, 0.29) is 29.6 Å². The van der Waals surface area contributed by atoms with Gasteiger partial charge in [0, 0.05) is 19.2 Å². The molecule has 8 heteroatoms. The van der Waals surface area contributed by atoms with Gasteiger partial charge in [0.25, 0.3) is 0 Å². The Morgan fingerprint density at radius 1 is 1.29 bits per heavy atom. The SMILES string of the molecule is N#Cc1ccc(OCc2nc(N3CCNC3=O)ccc2F)cc1F. The Bertz CT molecular complexity index is 835. The third kappa shape index (κ3) is 3.10. The van der Waals surface area contributed by atoms with Crippen molar-refractivity contribution in [2.24, 2.45) is 0 Å². The van der Waals surface area contributed by atoms with Crippen LogP contribution in [0.15, 0.2) is 30.3 Å². The molecular weight excluding hydrogens is 318 g/mol. The predicted molar refractivity (Wildman–Crippen MR) is 80.4 cm³/mol. The highest BCUT2D eigenvalue weighted by Gasteiger charge is 2.23. The number of aromatic nitrogens is 1. The van der Waals surface area contributed by atoms with Gasteiger partial charge in [-0.05, 0) is 24.3 Å². The number of nitrogens with zero attached hydrogens (tertiary/aromatic N) is 3. The van der Waals surface area contributed by atoms with Crippen molar-refractivity contribution < 1.29 is 18.3 Å². The van der Waals surface area contributed by atoms with E-state index in [1.165, 1.54) is 29.2 Å². The van der Waals surface area contributed by atoms with E-state index in [0.29, 0.717) is 18.9 Å². The van der Waals surface area contributed by atoms with E-state index in [1.54, 1.807) is 6.07 Å². The van der Waals surface area contributed by atoms with Crippen LogP contribution in [-0.4, -0.2) is 24.1 Å². The molecule has 0 bridgehead atoms. The first-order valence-corrected chi connectivity index (χ1v) is 7.11. The Kier molecular flexibility index (Phi) is 4.24. The molecule has 0 radical (unpaired) electrons. The Morgan fingerprint density at radius 3 is 2.79 bits per heavy atom. The van der Waals surface area contributed by atoms with Crippen molar-refractivity contribution >= 4 is 11.8 Å². The summed E-state index contributed by atoms with van der Waals surface area (Å²) in [6.07, 6.45) is 0. The van der Waals surface area contributed by atoms with Crippen molar-refractivity contribution in [1.82, 2.24) is 10.3 Å². The van der Waals surface area contributed by atoms with Crippen molar-refractivity contribution in [2.75, 3.05) is 18.0 Å². The molecule has 6 nitrogen and oxygen atoms in total. The number of hydrogen-bond donors (Lipinski definition) is 1. The lowest BCUT2D eigenvalue weighted by Crippen LogP contribution is -2.28. The van der Waals surface area contributed by atoms with Crippen molar-refractivity contribution in [2.45, 2.75) is 6.61 Å². The molecule has 0 saturated carbocycles. The zero-order valence-electron chi connectivity index (χ0n) is 12.4. The molecule has 2 heterocycles. The lowest BCUT2D eigenvalue weighted by Gasteiger charge is -2.14. The number of carbonyl (C=O) groups is 1. The number of rotatable bonds is 4. The highest BCUT2D eigenvalue weighted by atomic mass is 19.1. The average Bonchev–Trinajstić information content (AvgIpc) is 3.00. The van der Waals surface area contributed by atoms with Gasteiger partial charge in [-0.1, -0.05) is 0 Å². The molecule has 3 rings (SSSR count). The molecule has 1 aromatic heterocycles. The minimum absolute atomic E-state index is 0.00281. The van der Waals surface area contributed by atoms with Crippen molar-refractivity contribution in [3.8, 4) is 11.8 Å². The monoisotopic (exact) mass is 330 g/mol. The second kappa shape index (κ2) is 6.50. The van der Waals surface area contributed by atoms with Crippen molar-refractivity contribution in [3.63, 3.8) is 0 Å². The van der Waals surface area contributed by atoms with Gasteiger partial charge >= 0.3 is 6.03 Å². The van der Waals surface area contributed by atoms with E-state index in [9.17, 15) is 13.6 Å². The third-order valence-electron chi connectivity index (χ3n) is 3.47. The van der Waals surface area contributed by atoms with E-state index in [4.69, 9.17) is 10.00 Å². The molecule has 24 heavy (non-hydrogen) atoms. The van der Waals surface area contributed by atoms with Crippen LogP contribution in [0.2, 0.25) is 0 Å². The van der Waals surface area contributed by atoms with Gasteiger partial charge < -0.3 is 10.1 Å². The minimum Gasteiger partial charge on any atom is -0.487 e. The van der Waals surface area contributed by atoms with Crippen LogP contribution in [0.3, 0.4) is 0 Å². The summed E-state index contributed by atoms with van der Waals surface area (Å²) >= 11 is 0. The molecule has 1 N–H and O–H groups in total. The van der Waals surface area contributed by atoms with Crippen molar-refractivity contribution in [3.05, 3.63) is 53.2 Å². The van der Waals surface area contributed by atoms with Gasteiger partial charge in [0.15, 0.2) is 0 Å². The van der Waals surface area contributed by atoms with Crippen molar-refractivity contribution in [1.29, 1.82) is 5.26 Å². The maximum atomic E-state index is 13.9. The average molecular weight is 330 g/mol. The highest BCUT2D eigenvalue weighted by molar-refractivity contribution is 5.93. The summed E-state index contributed by atoms with van der Waals surface area (Å²) in [7, 11) is 0. The van der Waals surface area contributed by atoms with Gasteiger partial charge in [-0.2, -0.15) is 5.26 Å². The fraction of sp³-hybridized carbons (Fsp3) is 0.188. The molecule has 0 atom stereocenters. The second-order valence-corrected chi connectivity index (χ2v) is 5.02. The normalized spacial score (nSPS) is 13.5. The first-order chi connectivity index (χ1) is 11.6. The zero-order chi connectivity index (χ0) is 17.1. The molecule has 0 aliphatic carbocycles. The molecule has 2 aromatic rings. The molecule has 122 valence electrons. The van der Waals surface area contributed by atoms with Gasteiger partial charge in [-0.15, -0.1) is 0 Å². The lowest BCUT2D eigenvalue weighted by atomic mass is 10.2. The molecule has 0 unspecified atom stereocenters. The summed E-state index contributed by atoms with van der Waals surface area (Å²) < 4.78 is 32.7. The van der Waals surface area contributed by atoms with E-state index in [0.717, 1.165) is 6.07 Å². The predicted octanol–water partition coefficient (Wildman–Crippen LogP) is 2.34. The van der Waals surface area contributed by atoms with Crippen LogP contribution in [0.5, 0.6) is 5.75 Å². The molecular formula is C16H12F2N4O2. The standard InChI is InChI=1S/C16H12F2N4O2/c17-12-3-4-15(22-6-5-20-16(22)23)21-14(12)9-24-11-2-1-10(8-19)13(18)7-11/h1-4,7H,5-6,9H2,(H,20,23). The molecule has 0 spiro atoms. The van der Waals surface area contributed by atoms with Crippen LogP contribution in [0, 0.1) is 23.0 Å². The highest BCUT2D eigenvalue weighted by Crippen LogP contribution is 2.20. The number of nitrogens with one attached hydrogen (secondary N) is 1. The Morgan fingerprint density at radius 2 is 2.12 bits per heavy atom. The van der Waals surface area contributed by atoms with Gasteiger partial charge in [-0.25, -0.2) is 18.6 Å². The number of ether oxygens (including phenoxy) is 1. The van der Waals surface area contributed by atoms with Crippen LogP contribution >= 0.6 is 0 Å². The molecule has 2 amide bonds. The van der Waals surface area contributed by atoms with Gasteiger partial charge in [-0.3, -0.25) is 4.90 Å². The van der Waals surface area contributed by atoms with Gasteiger partial charge in [0.05, 0.1) is 5.56 Å². The quantitative estimate of drug-likeness (QED) is 0.933. The van der Waals surface area contributed by atoms with E-state index < -0.39 is 11.6 Å². The summed E-state index contributed by atoms with van der Waals surface area (Å²) in [6.45, 7) is 0.702. The molecule has 1 fully saturated rings. The smallest absolute Gasteiger partial charge is 0.323 e. The fourth-order valence-electron chi connectivity index (χ4n) is 2.24. The first kappa shape index (κ1) is 15.7. The van der Waals surface area contributed by atoms with Gasteiger partial charge in [0.2, 0.25) is 0 Å². The van der Waals surface area contributed by atoms with Crippen LogP contribution < -0.4 is 15.0 Å². The zero-order valence-corrected chi connectivity index (χ0v) is 12.4. The maximum absolute atomic E-state index is 13.9. The first-order valence-electron chi connectivity index (χ1n) is 7.11. The topological polar surface area (TPSA) is 78.2 Å². The lowest BCUT2D eigenvalue weighted by molar-refractivity contribution is 0.252. The Labute approximate surface area is 136 Å². The number of hydrogen-bond acceptors (Lipinski definition) is 4. The summed E-state index contributed by atoms with van der Waals surface area (Å²) in [5.41, 5.74) is -0.106. The summed E-state index contributed by atoms with van der Waals surface area (Å²) in [6, 6.07) is 7.76. The number of nitriles is 1. The molecule has 1 aliphatic rings. The Hall–Kier alpha value is -3.21. The summed E-state index contributed by atoms with van der Waals surface area (Å²) in [5.74, 6) is -0.841. The third-order valence-corrected chi connectivity index (χ3v) is 3.47. The number of anilines is 1. The summed E-state index contributed by atoms with van der Waals surface area (Å²) in [4.78, 5) is 17.1. The molecule has 1 saturated heterocycles. The largest absolute Gasteiger partial charge is 0.487 e. The Balaban J connectivity index is 1.76. The van der Waals surface area contributed by atoms with Crippen LogP contribution in [0.25, 0.3) is 0 Å². The number of benzene rings is 1. The molecule has 1 aromatic carbocycles. The number of pyridine rings is 1. The number of halogens is 2. The fourth-order valence-corrected chi connectivity index (χ4v) is 2.24. The maximum Gasteiger partial charge on any atom is 0.323 e. The van der Waals surface area contributed by atoms with Crippen LogP contribution in [0.4, 0.5) is 19.4 Å². The number of urea groups is 1. The minimum atomic E-state index is -0.717. The molecule has 1 aliphatic heterocycles. The van der Waals surface area contributed by atoms with E-state index in [1.807, 2.05) is 0 Å². The van der Waals surface area contributed by atoms with E-state index >= 15 is 0 Å². The summed E-state index contributed by atoms with van der Waals surface area (Å²) in [5, 5.41) is 11.3. The van der Waals surface area contributed by atoms with Crippen LogP contribution in [-0.2, 0) is 6.61 Å². The van der Waals surface area contributed by atoms with Gasteiger partial charge in [0.1, 0.15) is 41.6 Å².